The Morgan fingerprint density at radius 2 is 1.19 bits per heavy atom. The van der Waals surface area contributed by atoms with Crippen LogP contribution in [-0.4, -0.2) is 10.4 Å². The molecule has 7 aromatic rings. The Labute approximate surface area is 274 Å². The minimum absolute atomic E-state index is 0.0370. The molecule has 0 radical (unpaired) electrons. The number of para-hydroxylation sites is 1. The van der Waals surface area contributed by atoms with Gasteiger partial charge in [0.25, 0.3) is 0 Å². The van der Waals surface area contributed by atoms with Gasteiger partial charge in [-0.1, -0.05) is 131 Å². The highest BCUT2D eigenvalue weighted by Gasteiger charge is 2.45. The molecule has 1 unspecified atom stereocenters. The highest BCUT2D eigenvalue weighted by atomic mass is 15.2. The summed E-state index contributed by atoms with van der Waals surface area (Å²) in [5.41, 5.74) is 13.7. The molecule has 2 aliphatic carbocycles. The molecule has 0 bridgehead atoms. The molecule has 47 heavy (non-hydrogen) atoms. The smallest absolute Gasteiger partial charge is 0.135 e. The number of aromatic nitrogens is 1. The van der Waals surface area contributed by atoms with Crippen LogP contribution in [0.4, 0.5) is 0 Å². The van der Waals surface area contributed by atoms with Gasteiger partial charge >= 0.3 is 0 Å². The molecule has 0 saturated heterocycles. The van der Waals surface area contributed by atoms with E-state index < -0.39 is 0 Å². The van der Waals surface area contributed by atoms with Gasteiger partial charge in [0, 0.05) is 38.3 Å². The van der Waals surface area contributed by atoms with E-state index in [1.807, 2.05) is 0 Å². The van der Waals surface area contributed by atoms with Crippen LogP contribution in [0.15, 0.2) is 138 Å². The van der Waals surface area contributed by atoms with E-state index in [2.05, 4.69) is 165 Å². The minimum atomic E-state index is -0.214. The lowest BCUT2D eigenvalue weighted by Gasteiger charge is -2.36. The zero-order valence-corrected chi connectivity index (χ0v) is 27.1. The summed E-state index contributed by atoms with van der Waals surface area (Å²) in [6.45, 7) is 9.40. The van der Waals surface area contributed by atoms with Crippen LogP contribution >= 0.6 is 0 Å². The molecule has 0 saturated carbocycles. The molecule has 1 atom stereocenters. The Bertz CT molecular complexity index is 2560. The molecule has 3 heteroatoms. The Morgan fingerprint density at radius 3 is 2.00 bits per heavy atom. The molecule has 0 spiro atoms. The van der Waals surface area contributed by atoms with Crippen LogP contribution in [0.1, 0.15) is 61.7 Å². The van der Waals surface area contributed by atoms with Gasteiger partial charge in [-0.05, 0) is 62.9 Å². The number of fused-ring (bicyclic) bond motifs is 9. The summed E-state index contributed by atoms with van der Waals surface area (Å²) in [7, 11) is 0. The maximum Gasteiger partial charge on any atom is 0.135 e. The molecule has 226 valence electrons. The van der Waals surface area contributed by atoms with Gasteiger partial charge in [0.1, 0.15) is 12.0 Å². The van der Waals surface area contributed by atoms with Crippen molar-refractivity contribution in [2.24, 2.45) is 4.99 Å². The first-order valence-electron chi connectivity index (χ1n) is 16.7. The monoisotopic (exact) mass is 605 g/mol. The molecule has 6 aromatic carbocycles. The zero-order valence-electron chi connectivity index (χ0n) is 27.1. The number of amidine groups is 1. The van der Waals surface area contributed by atoms with Crippen molar-refractivity contribution in [3.8, 4) is 11.1 Å². The third-order valence-corrected chi connectivity index (χ3v) is 11.2. The van der Waals surface area contributed by atoms with E-state index in [9.17, 15) is 0 Å². The third-order valence-electron chi connectivity index (χ3n) is 11.2. The van der Waals surface area contributed by atoms with Crippen LogP contribution in [0.2, 0.25) is 0 Å². The van der Waals surface area contributed by atoms with Crippen molar-refractivity contribution in [1.82, 2.24) is 9.88 Å². The second-order valence-electron chi connectivity index (χ2n) is 14.5. The summed E-state index contributed by atoms with van der Waals surface area (Å²) in [4.78, 5) is 5.51. The van der Waals surface area contributed by atoms with E-state index >= 15 is 0 Å². The minimum Gasteiger partial charge on any atom is -0.346 e. The van der Waals surface area contributed by atoms with Gasteiger partial charge in [-0.25, -0.2) is 4.99 Å². The molecule has 0 amide bonds. The summed E-state index contributed by atoms with van der Waals surface area (Å²) in [5, 5.41) is 9.11. The second kappa shape index (κ2) is 9.11. The lowest BCUT2D eigenvalue weighted by molar-refractivity contribution is 0.477. The van der Waals surface area contributed by atoms with Gasteiger partial charge in [0.2, 0.25) is 0 Å². The van der Waals surface area contributed by atoms with E-state index in [0.717, 1.165) is 17.1 Å². The normalized spacial score (nSPS) is 18.6. The summed E-state index contributed by atoms with van der Waals surface area (Å²) in [5.74, 6) is 0.915. The molecule has 0 fully saturated rings. The Hall–Kier alpha value is -5.41. The maximum absolute atomic E-state index is 5.51. The molecular weight excluding hydrogens is 571 g/mol. The van der Waals surface area contributed by atoms with Gasteiger partial charge in [-0.2, -0.15) is 0 Å². The molecule has 3 nitrogen and oxygen atoms in total. The Morgan fingerprint density at radius 1 is 0.553 bits per heavy atom. The second-order valence-corrected chi connectivity index (χ2v) is 14.5. The third kappa shape index (κ3) is 3.49. The van der Waals surface area contributed by atoms with E-state index in [-0.39, 0.29) is 17.0 Å². The first kappa shape index (κ1) is 26.8. The van der Waals surface area contributed by atoms with Gasteiger partial charge in [0.05, 0.1) is 16.7 Å². The Balaban J connectivity index is 1.24. The van der Waals surface area contributed by atoms with Crippen LogP contribution in [-0.2, 0) is 10.8 Å². The molecule has 1 N–H and O–H groups in total. The quantitative estimate of drug-likeness (QED) is 0.209. The number of nitrogens with zero attached hydrogens (tertiary/aromatic N) is 2. The van der Waals surface area contributed by atoms with Crippen molar-refractivity contribution in [2.45, 2.75) is 44.7 Å². The summed E-state index contributed by atoms with van der Waals surface area (Å²) in [6, 6.07) is 47.0. The van der Waals surface area contributed by atoms with E-state index in [4.69, 9.17) is 4.99 Å². The standard InChI is InChI=1S/C44H35N3/c1-43(2)34-18-10-7-15-29(34)32-24-28(21-22-36(32)43)41-45-40-31-17-8-11-19-35(31)44(3,4)39(40)42(46-41)47-37-20-12-9-16-30(37)33-23-26-13-5-6-14-27(26)25-38(33)47/h5-25,42H,1-4H3,(H,45,46). The molecule has 1 aromatic heterocycles. The van der Waals surface area contributed by atoms with E-state index in [1.165, 1.54) is 71.5 Å². The zero-order chi connectivity index (χ0) is 31.7. The van der Waals surface area contributed by atoms with Gasteiger partial charge in [-0.3, -0.25) is 0 Å². The number of nitrogens with one attached hydrogen (secondary N) is 1. The van der Waals surface area contributed by atoms with Crippen molar-refractivity contribution in [3.05, 3.63) is 161 Å². The first-order valence-corrected chi connectivity index (χ1v) is 16.7. The van der Waals surface area contributed by atoms with Crippen LogP contribution in [0.5, 0.6) is 0 Å². The maximum atomic E-state index is 5.51. The van der Waals surface area contributed by atoms with E-state index in [1.54, 1.807) is 0 Å². The van der Waals surface area contributed by atoms with Gasteiger partial charge < -0.3 is 9.88 Å². The van der Waals surface area contributed by atoms with Crippen molar-refractivity contribution < 1.29 is 0 Å². The van der Waals surface area contributed by atoms with Crippen molar-refractivity contribution >= 4 is 44.1 Å². The molecule has 3 aliphatic rings. The molecule has 2 heterocycles. The Kier molecular flexibility index (Phi) is 5.19. The van der Waals surface area contributed by atoms with Crippen LogP contribution in [0, 0.1) is 0 Å². The average molecular weight is 606 g/mol. The number of hydrogen-bond donors (Lipinski definition) is 1. The molecule has 10 rings (SSSR count). The SMILES string of the molecule is CC1(C)C2=C(N=C(c3ccc4c(c3)-c3ccccc3C4(C)C)NC2n2c3ccccc3c3cc4ccccc4cc32)c2ccccc21. The summed E-state index contributed by atoms with van der Waals surface area (Å²) in [6.07, 6.45) is -0.138. The molecular formula is C44H35N3. The summed E-state index contributed by atoms with van der Waals surface area (Å²) >= 11 is 0. The van der Waals surface area contributed by atoms with Crippen LogP contribution in [0.3, 0.4) is 0 Å². The first-order chi connectivity index (χ1) is 22.8. The van der Waals surface area contributed by atoms with Gasteiger partial charge in [0.15, 0.2) is 0 Å². The topological polar surface area (TPSA) is 29.3 Å². The predicted octanol–water partition coefficient (Wildman–Crippen LogP) is 10.5. The molecule has 1 aliphatic heterocycles. The van der Waals surface area contributed by atoms with Gasteiger partial charge in [-0.15, -0.1) is 0 Å². The average Bonchev–Trinajstić information content (AvgIpc) is 3.63. The lowest BCUT2D eigenvalue weighted by Crippen LogP contribution is -2.40. The van der Waals surface area contributed by atoms with Crippen molar-refractivity contribution in [1.29, 1.82) is 0 Å². The number of hydrogen-bond acceptors (Lipinski definition) is 2. The predicted molar refractivity (Wildman–Crippen MR) is 196 cm³/mol. The fourth-order valence-corrected chi connectivity index (χ4v) is 8.93. The largest absolute Gasteiger partial charge is 0.346 e. The fraction of sp³-hybridized carbons (Fsp3) is 0.159. The van der Waals surface area contributed by atoms with E-state index in [0.29, 0.717) is 0 Å². The number of benzene rings is 6. The lowest BCUT2D eigenvalue weighted by atomic mass is 9.79. The number of rotatable bonds is 2. The fourth-order valence-electron chi connectivity index (χ4n) is 8.93. The highest BCUT2D eigenvalue weighted by Crippen LogP contribution is 2.54. The highest BCUT2D eigenvalue weighted by molar-refractivity contribution is 6.13. The van der Waals surface area contributed by atoms with Crippen LogP contribution in [0.25, 0.3) is 49.4 Å². The number of aliphatic imine (C=N–C) groups is 1. The van der Waals surface area contributed by atoms with Crippen molar-refractivity contribution in [2.75, 3.05) is 0 Å². The van der Waals surface area contributed by atoms with Crippen molar-refractivity contribution in [3.63, 3.8) is 0 Å². The summed E-state index contributed by atoms with van der Waals surface area (Å²) < 4.78 is 2.54. The van der Waals surface area contributed by atoms with Crippen LogP contribution < -0.4 is 5.32 Å².